The summed E-state index contributed by atoms with van der Waals surface area (Å²) in [7, 11) is 0. The smallest absolute Gasteiger partial charge is 0.321 e. The summed E-state index contributed by atoms with van der Waals surface area (Å²) in [6, 6.07) is 6.26. The van der Waals surface area contributed by atoms with E-state index in [-0.39, 0.29) is 16.0 Å². The molecule has 29 heavy (non-hydrogen) atoms. The molecule has 8 heteroatoms. The van der Waals surface area contributed by atoms with Crippen molar-refractivity contribution in [3.05, 3.63) is 63.6 Å². The first-order chi connectivity index (χ1) is 13.4. The lowest BCUT2D eigenvalue weighted by Gasteiger charge is -2.38. The highest BCUT2D eigenvalue weighted by molar-refractivity contribution is 6.31. The third-order valence-electron chi connectivity index (χ3n) is 5.38. The van der Waals surface area contributed by atoms with E-state index in [1.165, 1.54) is 18.3 Å². The zero-order valence-corrected chi connectivity index (χ0v) is 17.9. The third kappa shape index (κ3) is 4.12. The molecule has 4 atom stereocenters. The minimum atomic E-state index is -1.30. The lowest BCUT2D eigenvalue weighted by atomic mass is 9.70. The van der Waals surface area contributed by atoms with Crippen molar-refractivity contribution in [1.82, 2.24) is 10.3 Å². The molecule has 0 bridgehead atoms. The summed E-state index contributed by atoms with van der Waals surface area (Å²) in [6.45, 7) is 6.11. The van der Waals surface area contributed by atoms with Crippen LogP contribution in [0, 0.1) is 11.2 Å². The summed E-state index contributed by atoms with van der Waals surface area (Å²) in [6.07, 6.45) is 2.01. The molecule has 1 aromatic heterocycles. The molecule has 156 valence electrons. The Kier molecular flexibility index (Phi) is 5.94. The van der Waals surface area contributed by atoms with Crippen LogP contribution in [0.3, 0.4) is 0 Å². The van der Waals surface area contributed by atoms with Crippen molar-refractivity contribution in [3.63, 3.8) is 0 Å². The van der Waals surface area contributed by atoms with Gasteiger partial charge in [0.25, 0.3) is 0 Å². The van der Waals surface area contributed by atoms with Crippen LogP contribution >= 0.6 is 23.2 Å². The van der Waals surface area contributed by atoms with Crippen LogP contribution in [0.2, 0.25) is 10.0 Å². The number of nitrogens with zero attached hydrogens (tertiary/aromatic N) is 1. The second kappa shape index (κ2) is 7.84. The molecule has 0 radical (unpaired) electrons. The van der Waals surface area contributed by atoms with E-state index in [9.17, 15) is 9.90 Å². The summed E-state index contributed by atoms with van der Waals surface area (Å²) in [5.74, 6) is -2.72. The number of pyridine rings is 1. The zero-order chi connectivity index (χ0) is 21.6. The maximum atomic E-state index is 15.0. The molecule has 5 nitrogen and oxygen atoms in total. The van der Waals surface area contributed by atoms with E-state index in [2.05, 4.69) is 10.3 Å². The van der Waals surface area contributed by atoms with Crippen molar-refractivity contribution in [2.24, 2.45) is 11.1 Å². The first kappa shape index (κ1) is 22.0. The molecule has 1 aromatic carbocycles. The molecular weight excluding hydrogens is 416 g/mol. The number of benzene rings is 1. The van der Waals surface area contributed by atoms with Crippen molar-refractivity contribution < 1.29 is 14.3 Å². The van der Waals surface area contributed by atoms with Crippen LogP contribution in [-0.2, 0) is 10.3 Å². The summed E-state index contributed by atoms with van der Waals surface area (Å²) in [4.78, 5) is 16.5. The van der Waals surface area contributed by atoms with Gasteiger partial charge in [0.2, 0.25) is 0 Å². The second-order valence-electron chi connectivity index (χ2n) is 8.72. The van der Waals surface area contributed by atoms with Gasteiger partial charge in [-0.1, -0.05) is 56.1 Å². The first-order valence-corrected chi connectivity index (χ1v) is 10.0. The van der Waals surface area contributed by atoms with Crippen LogP contribution in [0.5, 0.6) is 0 Å². The number of hydrogen-bond acceptors (Lipinski definition) is 4. The van der Waals surface area contributed by atoms with Gasteiger partial charge >= 0.3 is 5.97 Å². The van der Waals surface area contributed by atoms with Gasteiger partial charge in [-0.2, -0.15) is 0 Å². The van der Waals surface area contributed by atoms with Gasteiger partial charge in [0.15, 0.2) is 0 Å². The van der Waals surface area contributed by atoms with Gasteiger partial charge < -0.3 is 10.8 Å². The average Bonchev–Trinajstić information content (AvgIpc) is 2.90. The quantitative estimate of drug-likeness (QED) is 0.659. The SMILES string of the molecule is CC(C)(C)CC1NC(C(=O)O)C(c2cccc(Cl)c2F)C1(N)c1ccc(Cl)cn1. The van der Waals surface area contributed by atoms with Crippen LogP contribution < -0.4 is 11.1 Å². The number of nitrogens with two attached hydrogens (primary N) is 1. The van der Waals surface area contributed by atoms with Crippen molar-refractivity contribution in [2.45, 2.75) is 50.7 Å². The van der Waals surface area contributed by atoms with E-state index in [1.54, 1.807) is 18.2 Å². The molecule has 1 aliphatic rings. The molecule has 4 unspecified atom stereocenters. The van der Waals surface area contributed by atoms with Crippen LogP contribution in [0.25, 0.3) is 0 Å². The standard InChI is InChI=1S/C21H24Cl2FN3O2/c1-20(2,3)9-15-21(25,14-8-7-11(22)10-26-14)16(18(27-15)19(28)29)12-5-4-6-13(23)17(12)24/h4-8,10,15-16,18,27H,9,25H2,1-3H3,(H,28,29). The molecule has 0 amide bonds. The van der Waals surface area contributed by atoms with Crippen molar-refractivity contribution >= 4 is 29.2 Å². The number of carbonyl (C=O) groups is 1. The zero-order valence-electron chi connectivity index (χ0n) is 16.4. The largest absolute Gasteiger partial charge is 0.480 e. The number of aliphatic carboxylic acids is 1. The molecule has 0 aliphatic carbocycles. The topological polar surface area (TPSA) is 88.2 Å². The number of carboxylic acid groups (broad SMARTS) is 1. The number of carboxylic acids is 1. The number of halogens is 3. The van der Waals surface area contributed by atoms with E-state index in [0.717, 1.165) is 0 Å². The second-order valence-corrected chi connectivity index (χ2v) is 9.56. The molecular formula is C21H24Cl2FN3O2. The Bertz CT molecular complexity index is 917. The van der Waals surface area contributed by atoms with Crippen LogP contribution in [0.1, 0.15) is 44.4 Å². The van der Waals surface area contributed by atoms with Crippen molar-refractivity contribution in [1.29, 1.82) is 0 Å². The van der Waals surface area contributed by atoms with Crippen LogP contribution in [-0.4, -0.2) is 28.1 Å². The van der Waals surface area contributed by atoms with Crippen LogP contribution in [0.15, 0.2) is 36.5 Å². The molecule has 0 spiro atoms. The van der Waals surface area contributed by atoms with Crippen LogP contribution in [0.4, 0.5) is 4.39 Å². The van der Waals surface area contributed by atoms with E-state index >= 15 is 4.39 Å². The Hall–Kier alpha value is -1.73. The fourth-order valence-electron chi connectivity index (χ4n) is 4.16. The Morgan fingerprint density at radius 3 is 2.55 bits per heavy atom. The van der Waals surface area contributed by atoms with Gasteiger partial charge in [-0.3, -0.25) is 15.1 Å². The lowest BCUT2D eigenvalue weighted by Crippen LogP contribution is -2.52. The third-order valence-corrected chi connectivity index (χ3v) is 5.89. The number of rotatable bonds is 4. The molecule has 3 rings (SSSR count). The van der Waals surface area contributed by atoms with Gasteiger partial charge in [0, 0.05) is 18.2 Å². The number of hydrogen-bond donors (Lipinski definition) is 3. The summed E-state index contributed by atoms with van der Waals surface area (Å²) < 4.78 is 15.0. The Labute approximate surface area is 179 Å². The monoisotopic (exact) mass is 439 g/mol. The predicted octanol–water partition coefficient (Wildman–Crippen LogP) is 4.33. The van der Waals surface area contributed by atoms with E-state index in [1.807, 2.05) is 20.8 Å². The lowest BCUT2D eigenvalue weighted by molar-refractivity contribution is -0.139. The minimum Gasteiger partial charge on any atom is -0.480 e. The summed E-state index contributed by atoms with van der Waals surface area (Å²) in [5.41, 5.74) is 6.09. The highest BCUT2D eigenvalue weighted by Gasteiger charge is 2.58. The normalized spacial score (nSPS) is 27.2. The molecule has 2 heterocycles. The van der Waals surface area contributed by atoms with Gasteiger partial charge in [0.1, 0.15) is 11.9 Å². The fourth-order valence-corrected chi connectivity index (χ4v) is 4.46. The highest BCUT2D eigenvalue weighted by Crippen LogP contribution is 2.48. The summed E-state index contributed by atoms with van der Waals surface area (Å²) in [5, 5.41) is 13.4. The average molecular weight is 440 g/mol. The van der Waals surface area contributed by atoms with E-state index in [0.29, 0.717) is 17.1 Å². The molecule has 1 aliphatic heterocycles. The Morgan fingerprint density at radius 1 is 1.31 bits per heavy atom. The Morgan fingerprint density at radius 2 is 2.00 bits per heavy atom. The van der Waals surface area contributed by atoms with Gasteiger partial charge in [-0.05, 0) is 35.6 Å². The fraction of sp³-hybridized carbons (Fsp3) is 0.429. The minimum absolute atomic E-state index is 0.0858. The number of aromatic nitrogens is 1. The maximum absolute atomic E-state index is 15.0. The van der Waals surface area contributed by atoms with Gasteiger partial charge in [0.05, 0.1) is 21.3 Å². The number of nitrogens with one attached hydrogen (secondary N) is 1. The molecule has 0 saturated carbocycles. The molecule has 4 N–H and O–H groups in total. The molecule has 1 saturated heterocycles. The highest BCUT2D eigenvalue weighted by atomic mass is 35.5. The van der Waals surface area contributed by atoms with E-state index < -0.39 is 35.3 Å². The Balaban J connectivity index is 2.25. The maximum Gasteiger partial charge on any atom is 0.321 e. The van der Waals surface area contributed by atoms with Crippen molar-refractivity contribution in [3.8, 4) is 0 Å². The molecule has 1 fully saturated rings. The first-order valence-electron chi connectivity index (χ1n) is 9.29. The molecule has 2 aromatic rings. The van der Waals surface area contributed by atoms with Gasteiger partial charge in [-0.25, -0.2) is 4.39 Å². The predicted molar refractivity (Wildman–Crippen MR) is 112 cm³/mol. The van der Waals surface area contributed by atoms with E-state index in [4.69, 9.17) is 28.9 Å². The van der Waals surface area contributed by atoms with Gasteiger partial charge in [-0.15, -0.1) is 0 Å². The summed E-state index contributed by atoms with van der Waals surface area (Å²) >= 11 is 12.0. The van der Waals surface area contributed by atoms with Crippen molar-refractivity contribution in [2.75, 3.05) is 0 Å².